The minimum Gasteiger partial charge on any atom is -0.297 e. The minimum atomic E-state index is -0.381. The van der Waals surface area contributed by atoms with E-state index < -0.39 is 0 Å². The minimum absolute atomic E-state index is 0.264. The highest BCUT2D eigenvalue weighted by atomic mass is 32.1. The molecule has 0 radical (unpaired) electrons. The Kier molecular flexibility index (Phi) is 4.62. The largest absolute Gasteiger partial charge is 0.297 e. The van der Waals surface area contributed by atoms with Crippen molar-refractivity contribution in [3.63, 3.8) is 0 Å². The lowest BCUT2D eigenvalue weighted by molar-refractivity contribution is -0.128. The molecular formula is C12H20N2OS. The first-order valence-corrected chi connectivity index (χ1v) is 6.56. The summed E-state index contributed by atoms with van der Waals surface area (Å²) >= 11 is 1.54. The van der Waals surface area contributed by atoms with Gasteiger partial charge < -0.3 is 0 Å². The summed E-state index contributed by atoms with van der Waals surface area (Å²) in [4.78, 5) is 19.5. The van der Waals surface area contributed by atoms with Crippen LogP contribution in [0.3, 0.4) is 0 Å². The maximum atomic E-state index is 12.2. The Labute approximate surface area is 101 Å². The number of hydrogen-bond donors (Lipinski definition) is 0. The van der Waals surface area contributed by atoms with Crippen molar-refractivity contribution in [2.24, 2.45) is 0 Å². The van der Waals surface area contributed by atoms with Gasteiger partial charge in [0.2, 0.25) is 0 Å². The van der Waals surface area contributed by atoms with Gasteiger partial charge in [-0.3, -0.25) is 14.7 Å². The number of likely N-dealkylation sites (N-methyl/N-ethyl adjacent to an activating group) is 1. The third-order valence-corrected chi connectivity index (χ3v) is 3.83. The Bertz CT molecular complexity index is 329. The van der Waals surface area contributed by atoms with Gasteiger partial charge >= 0.3 is 0 Å². The van der Waals surface area contributed by atoms with E-state index >= 15 is 0 Å². The fourth-order valence-electron chi connectivity index (χ4n) is 1.89. The second kappa shape index (κ2) is 5.55. The molecule has 90 valence electrons. The third-order valence-electron chi connectivity index (χ3n) is 3.05. The number of nitrogens with zero attached hydrogens (tertiary/aromatic N) is 2. The molecular weight excluding hydrogens is 220 g/mol. The summed E-state index contributed by atoms with van der Waals surface area (Å²) in [6.07, 6.45) is 2.27. The highest BCUT2D eigenvalue weighted by molar-refractivity contribution is 7.09. The van der Waals surface area contributed by atoms with Crippen LogP contribution in [-0.4, -0.2) is 34.3 Å². The number of carbonyl (C=O) groups excluding carboxylic acids is 1. The molecule has 1 aromatic heterocycles. The van der Waals surface area contributed by atoms with Crippen LogP contribution in [0, 0.1) is 0 Å². The average molecular weight is 240 g/mol. The Balaban J connectivity index is 2.71. The van der Waals surface area contributed by atoms with Crippen LogP contribution in [0.5, 0.6) is 0 Å². The van der Waals surface area contributed by atoms with Gasteiger partial charge in [0.05, 0.1) is 11.0 Å². The van der Waals surface area contributed by atoms with E-state index in [0.29, 0.717) is 6.42 Å². The molecule has 0 amide bonds. The zero-order valence-electron chi connectivity index (χ0n) is 10.5. The van der Waals surface area contributed by atoms with Crippen LogP contribution >= 0.6 is 11.3 Å². The summed E-state index contributed by atoms with van der Waals surface area (Å²) in [6, 6.07) is 0. The predicted octanol–water partition coefficient (Wildman–Crippen LogP) is 2.38. The van der Waals surface area contributed by atoms with Gasteiger partial charge in [-0.2, -0.15) is 0 Å². The lowest BCUT2D eigenvalue weighted by atomic mass is 9.94. The second-order valence-corrected chi connectivity index (χ2v) is 5.27. The Morgan fingerprint density at radius 2 is 2.06 bits per heavy atom. The van der Waals surface area contributed by atoms with Crippen molar-refractivity contribution >= 4 is 17.1 Å². The summed E-state index contributed by atoms with van der Waals surface area (Å²) in [7, 11) is 0. The first-order valence-electron chi connectivity index (χ1n) is 5.68. The molecule has 0 saturated carbocycles. The number of hydrogen-bond acceptors (Lipinski definition) is 4. The first kappa shape index (κ1) is 13.3. The molecule has 4 heteroatoms. The lowest BCUT2D eigenvalue weighted by Gasteiger charge is -2.35. The molecule has 0 fully saturated rings. The zero-order valence-corrected chi connectivity index (χ0v) is 11.3. The van der Waals surface area contributed by atoms with Crippen molar-refractivity contribution < 1.29 is 4.79 Å². The van der Waals surface area contributed by atoms with Gasteiger partial charge in [0, 0.05) is 17.5 Å². The van der Waals surface area contributed by atoms with E-state index in [0.717, 1.165) is 18.0 Å². The van der Waals surface area contributed by atoms with Crippen LogP contribution in [0.15, 0.2) is 11.7 Å². The average Bonchev–Trinajstić information content (AvgIpc) is 2.71. The van der Waals surface area contributed by atoms with E-state index in [9.17, 15) is 4.79 Å². The first-order chi connectivity index (χ1) is 7.52. The number of rotatable bonds is 6. The highest BCUT2D eigenvalue weighted by Gasteiger charge is 2.32. The smallest absolute Gasteiger partial charge is 0.157 e. The zero-order chi connectivity index (χ0) is 12.2. The van der Waals surface area contributed by atoms with Crippen LogP contribution in [0.1, 0.15) is 32.6 Å². The number of ketones is 1. The van der Waals surface area contributed by atoms with Gasteiger partial charge in [0.1, 0.15) is 0 Å². The fourth-order valence-corrected chi connectivity index (χ4v) is 2.49. The summed E-state index contributed by atoms with van der Waals surface area (Å²) < 4.78 is 0. The SMILES string of the molecule is CCN(CC)C(C)(C)C(=O)Cc1cncs1. The molecule has 1 aromatic rings. The van der Waals surface area contributed by atoms with E-state index in [1.54, 1.807) is 23.0 Å². The molecule has 1 heterocycles. The Hall–Kier alpha value is -0.740. The number of carbonyl (C=O) groups is 1. The Morgan fingerprint density at radius 1 is 1.44 bits per heavy atom. The molecule has 1 rings (SSSR count). The van der Waals surface area contributed by atoms with Crippen molar-refractivity contribution in [1.29, 1.82) is 0 Å². The summed E-state index contributed by atoms with van der Waals surface area (Å²) in [5.74, 6) is 0.264. The molecule has 0 aliphatic heterocycles. The number of aromatic nitrogens is 1. The monoisotopic (exact) mass is 240 g/mol. The molecule has 0 bridgehead atoms. The van der Waals surface area contributed by atoms with Gasteiger partial charge in [0.15, 0.2) is 5.78 Å². The van der Waals surface area contributed by atoms with Gasteiger partial charge in [-0.15, -0.1) is 11.3 Å². The van der Waals surface area contributed by atoms with E-state index in [1.165, 1.54) is 0 Å². The van der Waals surface area contributed by atoms with Crippen LogP contribution in [0.25, 0.3) is 0 Å². The molecule has 0 saturated heterocycles. The summed E-state index contributed by atoms with van der Waals surface area (Å²) in [5.41, 5.74) is 1.39. The van der Waals surface area contributed by atoms with Crippen molar-refractivity contribution in [3.8, 4) is 0 Å². The molecule has 0 N–H and O–H groups in total. The van der Waals surface area contributed by atoms with Crippen LogP contribution in [0.4, 0.5) is 0 Å². The second-order valence-electron chi connectivity index (χ2n) is 4.30. The van der Waals surface area contributed by atoms with Crippen LogP contribution < -0.4 is 0 Å². The molecule has 0 spiro atoms. The lowest BCUT2D eigenvalue weighted by Crippen LogP contribution is -2.50. The topological polar surface area (TPSA) is 33.2 Å². The van der Waals surface area contributed by atoms with E-state index in [2.05, 4.69) is 23.7 Å². The summed E-state index contributed by atoms with van der Waals surface area (Å²) in [5, 5.41) is 0. The van der Waals surface area contributed by atoms with E-state index in [-0.39, 0.29) is 11.3 Å². The normalized spacial score (nSPS) is 12.1. The molecule has 0 aromatic carbocycles. The number of Topliss-reactive ketones (excluding diaryl/α,β-unsaturated/α-hetero) is 1. The molecule has 16 heavy (non-hydrogen) atoms. The standard InChI is InChI=1S/C12H20N2OS/c1-5-14(6-2)12(3,4)11(15)7-10-8-13-9-16-10/h8-9H,5-7H2,1-4H3. The maximum absolute atomic E-state index is 12.2. The van der Waals surface area contributed by atoms with Gasteiger partial charge in [-0.05, 0) is 26.9 Å². The third kappa shape index (κ3) is 2.89. The quantitative estimate of drug-likeness (QED) is 0.765. The molecule has 3 nitrogen and oxygen atoms in total. The van der Waals surface area contributed by atoms with Gasteiger partial charge in [-0.1, -0.05) is 13.8 Å². The van der Waals surface area contributed by atoms with Crippen molar-refractivity contribution in [3.05, 3.63) is 16.6 Å². The maximum Gasteiger partial charge on any atom is 0.157 e. The van der Waals surface area contributed by atoms with Crippen molar-refractivity contribution in [2.75, 3.05) is 13.1 Å². The number of thiazole rings is 1. The predicted molar refractivity (Wildman–Crippen MR) is 67.8 cm³/mol. The fraction of sp³-hybridized carbons (Fsp3) is 0.667. The van der Waals surface area contributed by atoms with Gasteiger partial charge in [-0.25, -0.2) is 0 Å². The van der Waals surface area contributed by atoms with E-state index in [4.69, 9.17) is 0 Å². The highest BCUT2D eigenvalue weighted by Crippen LogP contribution is 2.19. The van der Waals surface area contributed by atoms with Crippen LogP contribution in [0.2, 0.25) is 0 Å². The molecule has 0 aliphatic carbocycles. The van der Waals surface area contributed by atoms with Gasteiger partial charge in [0.25, 0.3) is 0 Å². The molecule has 0 aliphatic rings. The van der Waals surface area contributed by atoms with Crippen molar-refractivity contribution in [2.45, 2.75) is 39.7 Å². The van der Waals surface area contributed by atoms with E-state index in [1.807, 2.05) is 13.8 Å². The molecule has 0 atom stereocenters. The summed E-state index contributed by atoms with van der Waals surface area (Å²) in [6.45, 7) is 9.99. The Morgan fingerprint density at radius 3 is 2.50 bits per heavy atom. The van der Waals surface area contributed by atoms with Crippen LogP contribution in [-0.2, 0) is 11.2 Å². The molecule has 0 unspecified atom stereocenters. The van der Waals surface area contributed by atoms with Crippen molar-refractivity contribution in [1.82, 2.24) is 9.88 Å².